The molecule has 1 atom stereocenters. The minimum Gasteiger partial charge on any atom is -0.467 e. The van der Waals surface area contributed by atoms with Crippen molar-refractivity contribution in [2.45, 2.75) is 11.9 Å². The number of nitrogens with zero attached hydrogens (tertiary/aromatic N) is 2. The lowest BCUT2D eigenvalue weighted by Crippen LogP contribution is -2.27. The summed E-state index contributed by atoms with van der Waals surface area (Å²) in [7, 11) is 0. The molecule has 0 bridgehead atoms. The van der Waals surface area contributed by atoms with Gasteiger partial charge in [-0.3, -0.25) is 14.6 Å². The number of thioether (sulfide) groups is 1. The highest BCUT2D eigenvalue weighted by atomic mass is 32.2. The lowest BCUT2D eigenvalue weighted by atomic mass is 10.1. The van der Waals surface area contributed by atoms with Crippen LogP contribution in [0.2, 0.25) is 0 Å². The molecule has 1 aromatic carbocycles. The number of furan rings is 1. The lowest BCUT2D eigenvalue weighted by molar-refractivity contribution is -0.128. The third-order valence-electron chi connectivity index (χ3n) is 4.25. The van der Waals surface area contributed by atoms with Crippen LogP contribution in [0.1, 0.15) is 27.1 Å². The molecule has 0 unspecified atom stereocenters. The van der Waals surface area contributed by atoms with Crippen LogP contribution in [0.15, 0.2) is 71.6 Å². The van der Waals surface area contributed by atoms with Gasteiger partial charge in [0.1, 0.15) is 11.1 Å². The molecule has 3 aromatic rings. The molecule has 0 saturated carbocycles. The number of rotatable bonds is 5. The second kappa shape index (κ2) is 7.67. The fraction of sp³-hybridized carbons (Fsp3) is 0.150. The number of nitrogens with one attached hydrogen (secondary N) is 1. The molecule has 0 spiro atoms. The number of carbonyl (C=O) groups is 2. The predicted octanol–water partition coefficient (Wildman–Crippen LogP) is 3.70. The van der Waals surface area contributed by atoms with Crippen molar-refractivity contribution in [1.82, 2.24) is 9.88 Å². The first-order chi connectivity index (χ1) is 13.2. The highest BCUT2D eigenvalue weighted by Crippen LogP contribution is 2.39. The molecule has 3 heterocycles. The SMILES string of the molecule is O=C(Nc1cccnc1)c1ccc([C@@H]2SCC(=O)N2Cc2ccco2)cc1. The Balaban J connectivity index is 1.48. The van der Waals surface area contributed by atoms with Gasteiger partial charge in [0, 0.05) is 11.8 Å². The summed E-state index contributed by atoms with van der Waals surface area (Å²) in [6, 6.07) is 14.6. The fourth-order valence-electron chi connectivity index (χ4n) is 2.91. The van der Waals surface area contributed by atoms with Crippen LogP contribution in [-0.2, 0) is 11.3 Å². The average Bonchev–Trinajstić information content (AvgIpc) is 3.34. The number of benzene rings is 1. The molecule has 0 aliphatic carbocycles. The fourth-order valence-corrected chi connectivity index (χ4v) is 4.10. The van der Waals surface area contributed by atoms with E-state index in [1.54, 1.807) is 59.6 Å². The molecule has 27 heavy (non-hydrogen) atoms. The van der Waals surface area contributed by atoms with E-state index in [0.29, 0.717) is 23.5 Å². The zero-order valence-electron chi connectivity index (χ0n) is 14.4. The van der Waals surface area contributed by atoms with Crippen LogP contribution in [0.4, 0.5) is 5.69 Å². The maximum absolute atomic E-state index is 12.4. The summed E-state index contributed by atoms with van der Waals surface area (Å²) >= 11 is 1.58. The van der Waals surface area contributed by atoms with Crippen molar-refractivity contribution in [2.24, 2.45) is 0 Å². The van der Waals surface area contributed by atoms with Gasteiger partial charge < -0.3 is 14.6 Å². The van der Waals surface area contributed by atoms with Gasteiger partial charge in [0.2, 0.25) is 5.91 Å². The van der Waals surface area contributed by atoms with E-state index in [0.717, 1.165) is 11.3 Å². The minimum atomic E-state index is -0.197. The molecule has 0 radical (unpaired) electrons. The van der Waals surface area contributed by atoms with Crippen molar-refractivity contribution >= 4 is 29.3 Å². The lowest BCUT2D eigenvalue weighted by Gasteiger charge is -2.23. The molecule has 1 fully saturated rings. The Morgan fingerprint density at radius 2 is 2.07 bits per heavy atom. The third-order valence-corrected chi connectivity index (χ3v) is 5.51. The van der Waals surface area contributed by atoms with Crippen LogP contribution in [-0.4, -0.2) is 27.5 Å². The highest BCUT2D eigenvalue weighted by molar-refractivity contribution is 8.00. The van der Waals surface area contributed by atoms with E-state index >= 15 is 0 Å². The van der Waals surface area contributed by atoms with Crippen LogP contribution < -0.4 is 5.32 Å². The van der Waals surface area contributed by atoms with Crippen LogP contribution in [0.25, 0.3) is 0 Å². The zero-order chi connectivity index (χ0) is 18.6. The Labute approximate surface area is 160 Å². The summed E-state index contributed by atoms with van der Waals surface area (Å²) in [6.07, 6.45) is 4.85. The quantitative estimate of drug-likeness (QED) is 0.732. The summed E-state index contributed by atoms with van der Waals surface area (Å²) in [5, 5.41) is 2.72. The molecule has 1 saturated heterocycles. The maximum Gasteiger partial charge on any atom is 0.255 e. The first-order valence-electron chi connectivity index (χ1n) is 8.45. The number of anilines is 1. The largest absolute Gasteiger partial charge is 0.467 e. The first-order valence-corrected chi connectivity index (χ1v) is 9.50. The molecule has 2 amide bonds. The number of pyridine rings is 1. The zero-order valence-corrected chi connectivity index (χ0v) is 15.2. The van der Waals surface area contributed by atoms with Gasteiger partial charge in [-0.25, -0.2) is 0 Å². The topological polar surface area (TPSA) is 75.4 Å². The van der Waals surface area contributed by atoms with Gasteiger partial charge in [-0.05, 0) is 42.0 Å². The molecule has 1 aliphatic rings. The number of aromatic nitrogens is 1. The Morgan fingerprint density at radius 3 is 2.78 bits per heavy atom. The molecule has 2 aromatic heterocycles. The normalized spacial score (nSPS) is 16.5. The van der Waals surface area contributed by atoms with E-state index in [2.05, 4.69) is 10.3 Å². The number of hydrogen-bond acceptors (Lipinski definition) is 5. The molecule has 6 nitrogen and oxygen atoms in total. The van der Waals surface area contributed by atoms with E-state index in [1.807, 2.05) is 24.3 Å². The standard InChI is InChI=1S/C20H17N3O3S/c24-18-13-27-20(23(18)12-17-4-2-10-26-17)15-7-5-14(6-8-15)19(25)22-16-3-1-9-21-11-16/h1-11,20H,12-13H2,(H,22,25)/t20-/m0/s1. The summed E-state index contributed by atoms with van der Waals surface area (Å²) in [4.78, 5) is 30.4. The van der Waals surface area contributed by atoms with E-state index < -0.39 is 0 Å². The van der Waals surface area contributed by atoms with Crippen molar-refractivity contribution in [1.29, 1.82) is 0 Å². The van der Waals surface area contributed by atoms with Crippen LogP contribution in [0.3, 0.4) is 0 Å². The first kappa shape index (κ1) is 17.4. The van der Waals surface area contributed by atoms with Gasteiger partial charge in [-0.15, -0.1) is 11.8 Å². The van der Waals surface area contributed by atoms with Crippen molar-refractivity contribution < 1.29 is 14.0 Å². The van der Waals surface area contributed by atoms with E-state index in [-0.39, 0.29) is 17.2 Å². The molecule has 136 valence electrons. The van der Waals surface area contributed by atoms with E-state index in [4.69, 9.17) is 4.42 Å². The molecular weight excluding hydrogens is 362 g/mol. The highest BCUT2D eigenvalue weighted by Gasteiger charge is 2.33. The molecular formula is C20H17N3O3S. The Morgan fingerprint density at radius 1 is 1.22 bits per heavy atom. The van der Waals surface area contributed by atoms with E-state index in [9.17, 15) is 9.59 Å². The van der Waals surface area contributed by atoms with Gasteiger partial charge >= 0.3 is 0 Å². The summed E-state index contributed by atoms with van der Waals surface area (Å²) < 4.78 is 5.37. The van der Waals surface area contributed by atoms with Crippen LogP contribution in [0.5, 0.6) is 0 Å². The van der Waals surface area contributed by atoms with Crippen molar-refractivity contribution in [3.63, 3.8) is 0 Å². The molecule has 4 rings (SSSR count). The predicted molar refractivity (Wildman–Crippen MR) is 103 cm³/mol. The molecule has 1 N–H and O–H groups in total. The average molecular weight is 379 g/mol. The van der Waals surface area contributed by atoms with Gasteiger partial charge in [0.05, 0.1) is 30.4 Å². The van der Waals surface area contributed by atoms with Crippen LogP contribution in [0, 0.1) is 0 Å². The smallest absolute Gasteiger partial charge is 0.255 e. The minimum absolute atomic E-state index is 0.0831. The molecule has 7 heteroatoms. The molecule has 1 aliphatic heterocycles. The number of hydrogen-bond donors (Lipinski definition) is 1. The van der Waals surface area contributed by atoms with E-state index in [1.165, 1.54) is 0 Å². The summed E-state index contributed by atoms with van der Waals surface area (Å²) in [5.41, 5.74) is 2.18. The van der Waals surface area contributed by atoms with Crippen molar-refractivity contribution in [3.05, 3.63) is 84.1 Å². The van der Waals surface area contributed by atoms with Crippen LogP contribution >= 0.6 is 11.8 Å². The third kappa shape index (κ3) is 3.88. The van der Waals surface area contributed by atoms with Gasteiger partial charge in [0.15, 0.2) is 0 Å². The summed E-state index contributed by atoms with van der Waals surface area (Å²) in [6.45, 7) is 0.437. The van der Waals surface area contributed by atoms with Crippen molar-refractivity contribution in [3.8, 4) is 0 Å². The van der Waals surface area contributed by atoms with Gasteiger partial charge in [-0.2, -0.15) is 0 Å². The van der Waals surface area contributed by atoms with Gasteiger partial charge in [-0.1, -0.05) is 12.1 Å². The maximum atomic E-state index is 12.4. The second-order valence-corrected chi connectivity index (χ2v) is 7.15. The number of carbonyl (C=O) groups excluding carboxylic acids is 2. The van der Waals surface area contributed by atoms with Crippen molar-refractivity contribution in [2.75, 3.05) is 11.1 Å². The monoisotopic (exact) mass is 379 g/mol. The Kier molecular flexibility index (Phi) is 4.93. The second-order valence-electron chi connectivity index (χ2n) is 6.08. The number of amides is 2. The van der Waals surface area contributed by atoms with Gasteiger partial charge in [0.25, 0.3) is 5.91 Å². The Hall–Kier alpha value is -3.06. The Bertz CT molecular complexity index is 927. The summed E-state index contributed by atoms with van der Waals surface area (Å²) in [5.74, 6) is 1.08.